The van der Waals surface area contributed by atoms with Crippen LogP contribution >= 0.6 is 15.9 Å². The number of halogens is 1. The van der Waals surface area contributed by atoms with E-state index in [4.69, 9.17) is 0 Å². The lowest BCUT2D eigenvalue weighted by Gasteiger charge is -2.40. The summed E-state index contributed by atoms with van der Waals surface area (Å²) >= 11 is 3.56. The van der Waals surface area contributed by atoms with Crippen molar-refractivity contribution in [2.45, 2.75) is 70.7 Å². The van der Waals surface area contributed by atoms with Crippen LogP contribution in [-0.2, 0) is 4.79 Å². The first-order valence-corrected chi connectivity index (χ1v) is 7.54. The summed E-state index contributed by atoms with van der Waals surface area (Å²) in [6, 6.07) is 0. The molecule has 1 aliphatic carbocycles. The van der Waals surface area contributed by atoms with Crippen molar-refractivity contribution in [3.8, 4) is 0 Å². The van der Waals surface area contributed by atoms with Crippen LogP contribution in [0.5, 0.6) is 0 Å². The summed E-state index contributed by atoms with van der Waals surface area (Å²) in [4.78, 5) is 12.7. The Bertz CT molecular complexity index is 284. The highest BCUT2D eigenvalue weighted by molar-refractivity contribution is 9.09. The Morgan fingerprint density at radius 2 is 2.00 bits per heavy atom. The van der Waals surface area contributed by atoms with Crippen molar-refractivity contribution in [3.05, 3.63) is 0 Å². The minimum Gasteiger partial charge on any atom is -0.350 e. The average molecular weight is 304 g/mol. The second-order valence-electron chi connectivity index (χ2n) is 6.61. The number of amides is 1. The molecule has 1 rings (SSSR count). The van der Waals surface area contributed by atoms with Crippen LogP contribution in [0.25, 0.3) is 0 Å². The highest BCUT2D eigenvalue weighted by Crippen LogP contribution is 2.40. The molecule has 17 heavy (non-hydrogen) atoms. The summed E-state index contributed by atoms with van der Waals surface area (Å²) in [6.45, 7) is 10.7. The molecule has 1 fully saturated rings. The van der Waals surface area contributed by atoms with Gasteiger partial charge in [0, 0.05) is 16.3 Å². The van der Waals surface area contributed by atoms with Crippen LogP contribution in [0, 0.1) is 11.3 Å². The molecule has 0 saturated heterocycles. The van der Waals surface area contributed by atoms with Crippen LogP contribution in [0.1, 0.15) is 60.3 Å². The largest absolute Gasteiger partial charge is 0.350 e. The zero-order valence-electron chi connectivity index (χ0n) is 11.8. The van der Waals surface area contributed by atoms with Crippen molar-refractivity contribution >= 4 is 21.8 Å². The number of nitrogens with one attached hydrogen (secondary N) is 1. The molecule has 2 atom stereocenters. The van der Waals surface area contributed by atoms with Gasteiger partial charge in [-0.3, -0.25) is 4.79 Å². The summed E-state index contributed by atoms with van der Waals surface area (Å²) in [5.41, 5.74) is -0.0431. The van der Waals surface area contributed by atoms with E-state index in [1.807, 2.05) is 0 Å². The van der Waals surface area contributed by atoms with E-state index in [0.717, 1.165) is 12.8 Å². The molecule has 1 amide bonds. The Labute approximate surface area is 114 Å². The molecule has 2 nitrogen and oxygen atoms in total. The van der Waals surface area contributed by atoms with Crippen LogP contribution in [0.2, 0.25) is 0 Å². The molecular formula is C14H26BrNO. The van der Waals surface area contributed by atoms with Gasteiger partial charge in [0.2, 0.25) is 5.91 Å². The highest BCUT2D eigenvalue weighted by atomic mass is 79.9. The molecule has 2 unspecified atom stereocenters. The fraction of sp³-hybridized carbons (Fsp3) is 0.929. The van der Waals surface area contributed by atoms with Crippen LogP contribution < -0.4 is 5.32 Å². The van der Waals surface area contributed by atoms with Crippen molar-refractivity contribution in [2.75, 3.05) is 0 Å². The molecule has 0 heterocycles. The molecule has 0 aliphatic heterocycles. The molecule has 0 aromatic rings. The van der Waals surface area contributed by atoms with Gasteiger partial charge in [0.25, 0.3) is 0 Å². The molecule has 1 aliphatic rings. The van der Waals surface area contributed by atoms with Crippen molar-refractivity contribution in [2.24, 2.45) is 11.3 Å². The molecule has 0 aromatic carbocycles. The number of alkyl halides is 1. The second kappa shape index (κ2) is 5.29. The summed E-state index contributed by atoms with van der Waals surface area (Å²) in [7, 11) is 0. The van der Waals surface area contributed by atoms with Gasteiger partial charge in [0.1, 0.15) is 0 Å². The third kappa shape index (κ3) is 3.70. The van der Waals surface area contributed by atoms with Gasteiger partial charge in [-0.1, -0.05) is 49.5 Å². The van der Waals surface area contributed by atoms with Crippen molar-refractivity contribution in [3.63, 3.8) is 0 Å². The van der Waals surface area contributed by atoms with E-state index in [-0.39, 0.29) is 27.6 Å². The van der Waals surface area contributed by atoms with Gasteiger partial charge in [0.15, 0.2) is 0 Å². The molecule has 3 heteroatoms. The van der Waals surface area contributed by atoms with E-state index in [1.165, 1.54) is 12.8 Å². The lowest BCUT2D eigenvalue weighted by Crippen LogP contribution is -2.53. The predicted molar refractivity (Wildman–Crippen MR) is 76.3 cm³/mol. The number of rotatable bonds is 3. The topological polar surface area (TPSA) is 29.1 Å². The average Bonchev–Trinajstić information content (AvgIpc) is 2.15. The Morgan fingerprint density at radius 3 is 2.47 bits per heavy atom. The first kappa shape index (κ1) is 15.0. The van der Waals surface area contributed by atoms with Crippen molar-refractivity contribution in [1.82, 2.24) is 5.32 Å². The van der Waals surface area contributed by atoms with Gasteiger partial charge in [-0.15, -0.1) is 0 Å². The summed E-state index contributed by atoms with van der Waals surface area (Å²) in [5.74, 6) is 0.396. The number of carbonyl (C=O) groups excluding carboxylic acids is 1. The second-order valence-corrected chi connectivity index (χ2v) is 7.99. The van der Waals surface area contributed by atoms with Gasteiger partial charge in [-0.25, -0.2) is 0 Å². The lowest BCUT2D eigenvalue weighted by atomic mass is 9.68. The SMILES string of the molecule is CC(Br)C(C)(C)NC(=O)C1CCCCC1(C)C. The molecule has 0 radical (unpaired) electrons. The lowest BCUT2D eigenvalue weighted by molar-refractivity contribution is -0.131. The summed E-state index contributed by atoms with van der Waals surface area (Å²) in [5, 5.41) is 3.20. The molecule has 0 aromatic heterocycles. The van der Waals surface area contributed by atoms with Gasteiger partial charge >= 0.3 is 0 Å². The molecular weight excluding hydrogens is 278 g/mol. The Morgan fingerprint density at radius 1 is 1.41 bits per heavy atom. The van der Waals surface area contributed by atoms with Crippen LogP contribution in [0.15, 0.2) is 0 Å². The molecule has 0 bridgehead atoms. The van der Waals surface area contributed by atoms with Gasteiger partial charge in [0.05, 0.1) is 0 Å². The minimum absolute atomic E-state index is 0.147. The quantitative estimate of drug-likeness (QED) is 0.788. The highest BCUT2D eigenvalue weighted by Gasteiger charge is 2.39. The number of carbonyl (C=O) groups is 1. The van der Waals surface area contributed by atoms with Gasteiger partial charge in [-0.2, -0.15) is 0 Å². The normalized spacial score (nSPS) is 26.4. The Kier molecular flexibility index (Phi) is 4.67. The minimum atomic E-state index is -0.190. The number of hydrogen-bond acceptors (Lipinski definition) is 1. The summed E-state index contributed by atoms with van der Waals surface area (Å²) in [6.07, 6.45) is 4.64. The maximum atomic E-state index is 12.4. The first-order valence-electron chi connectivity index (χ1n) is 6.63. The Hall–Kier alpha value is -0.0500. The van der Waals surface area contributed by atoms with Gasteiger partial charge < -0.3 is 5.32 Å². The molecule has 100 valence electrons. The Balaban J connectivity index is 2.70. The predicted octanol–water partition coefficient (Wildman–Crippen LogP) is 3.88. The monoisotopic (exact) mass is 303 g/mol. The van der Waals surface area contributed by atoms with Crippen molar-refractivity contribution in [1.29, 1.82) is 0 Å². The van der Waals surface area contributed by atoms with E-state index >= 15 is 0 Å². The maximum Gasteiger partial charge on any atom is 0.224 e. The zero-order valence-corrected chi connectivity index (χ0v) is 13.4. The molecule has 1 N–H and O–H groups in total. The zero-order chi connectivity index (χ0) is 13.3. The maximum absolute atomic E-state index is 12.4. The van der Waals surface area contributed by atoms with Crippen molar-refractivity contribution < 1.29 is 4.79 Å². The van der Waals surface area contributed by atoms with Crippen LogP contribution in [-0.4, -0.2) is 16.3 Å². The first-order chi connectivity index (χ1) is 7.67. The fourth-order valence-corrected chi connectivity index (χ4v) is 2.60. The van der Waals surface area contributed by atoms with E-state index in [0.29, 0.717) is 0 Å². The van der Waals surface area contributed by atoms with E-state index in [2.05, 4.69) is 55.9 Å². The molecule has 1 saturated carbocycles. The summed E-state index contributed by atoms with van der Waals surface area (Å²) < 4.78 is 0. The fourth-order valence-electron chi connectivity index (χ4n) is 2.48. The van der Waals surface area contributed by atoms with E-state index in [1.54, 1.807) is 0 Å². The third-order valence-corrected chi connectivity index (χ3v) is 5.41. The molecule has 0 spiro atoms. The van der Waals surface area contributed by atoms with Crippen LogP contribution in [0.4, 0.5) is 0 Å². The smallest absolute Gasteiger partial charge is 0.224 e. The van der Waals surface area contributed by atoms with Gasteiger partial charge in [-0.05, 0) is 32.1 Å². The van der Waals surface area contributed by atoms with Crippen LogP contribution in [0.3, 0.4) is 0 Å². The standard InChI is InChI=1S/C14H26BrNO/c1-10(15)14(4,5)16-12(17)11-8-6-7-9-13(11,2)3/h10-11H,6-9H2,1-5H3,(H,16,17). The third-order valence-electron chi connectivity index (χ3n) is 4.26. The van der Waals surface area contributed by atoms with E-state index in [9.17, 15) is 4.79 Å². The van der Waals surface area contributed by atoms with E-state index < -0.39 is 0 Å². The number of hydrogen-bond donors (Lipinski definition) is 1.